The van der Waals surface area contributed by atoms with E-state index in [0.717, 1.165) is 0 Å². The number of esters is 1. The molecule has 0 unspecified atom stereocenters. The molecule has 0 fully saturated rings. The third-order valence-electron chi connectivity index (χ3n) is 0.947. The van der Waals surface area contributed by atoms with E-state index in [1.165, 1.54) is 7.11 Å². The van der Waals surface area contributed by atoms with E-state index in [1.54, 1.807) is 0 Å². The number of nitrogens with one attached hydrogen (secondary N) is 2. The van der Waals surface area contributed by atoms with Gasteiger partial charge in [-0.25, -0.2) is 15.8 Å². The lowest BCUT2D eigenvalue weighted by Crippen LogP contribution is -2.25. The van der Waals surface area contributed by atoms with Crippen LogP contribution in [0.4, 0.5) is 0 Å². The first-order valence-electron chi connectivity index (χ1n) is 2.47. The van der Waals surface area contributed by atoms with Gasteiger partial charge in [-0.1, -0.05) is 0 Å². The van der Waals surface area contributed by atoms with Crippen molar-refractivity contribution in [2.75, 3.05) is 13.7 Å². The van der Waals surface area contributed by atoms with Crippen LogP contribution >= 0.6 is 0 Å². The molecule has 1 aliphatic heterocycles. The van der Waals surface area contributed by atoms with E-state index in [-0.39, 0.29) is 0 Å². The summed E-state index contributed by atoms with van der Waals surface area (Å²) in [7, 11) is 1.32. The Labute approximate surface area is 52.0 Å². The van der Waals surface area contributed by atoms with Crippen LogP contribution < -0.4 is 11.0 Å². The van der Waals surface area contributed by atoms with Gasteiger partial charge in [0.05, 0.1) is 13.7 Å². The topological polar surface area (TPSA) is 62.7 Å². The van der Waals surface area contributed by atoms with E-state index in [1.807, 2.05) is 0 Å². The number of ether oxygens (including phenoxy) is 1. The fourth-order valence-corrected chi connectivity index (χ4v) is 0.505. The first-order valence-corrected chi connectivity index (χ1v) is 2.47. The lowest BCUT2D eigenvalue weighted by Gasteiger charge is -1.92. The quantitative estimate of drug-likeness (QED) is 0.428. The summed E-state index contributed by atoms with van der Waals surface area (Å²) in [6.07, 6.45) is 0. The average Bonchev–Trinajstić information content (AvgIpc) is 2.37. The van der Waals surface area contributed by atoms with Crippen LogP contribution in [0.3, 0.4) is 0 Å². The summed E-state index contributed by atoms with van der Waals surface area (Å²) in [6.45, 7) is 0.423. The highest BCUT2D eigenvalue weighted by Crippen LogP contribution is 1.83. The molecule has 0 saturated heterocycles. The molecule has 50 valence electrons. The van der Waals surface area contributed by atoms with Crippen LogP contribution in [0, 0.1) is 0 Å². The van der Waals surface area contributed by atoms with Gasteiger partial charge < -0.3 is 4.74 Å². The molecule has 5 heteroatoms. The van der Waals surface area contributed by atoms with Gasteiger partial charge in [0.15, 0.2) is 5.71 Å². The normalized spacial score (nSPS) is 16.3. The van der Waals surface area contributed by atoms with Gasteiger partial charge in [-0.15, -0.1) is 0 Å². The standard InChI is InChI=1S/C4H7N3O2/c1-9-4(8)3-2-5-7-6-3/h5,7H,2H2,1H3. The van der Waals surface area contributed by atoms with Gasteiger partial charge in [0.2, 0.25) is 0 Å². The van der Waals surface area contributed by atoms with Crippen molar-refractivity contribution < 1.29 is 9.53 Å². The maximum atomic E-state index is 10.6. The molecule has 0 aromatic rings. The summed E-state index contributed by atoms with van der Waals surface area (Å²) in [5.74, 6) is -0.396. The Bertz CT molecular complexity index is 154. The minimum atomic E-state index is -0.396. The molecule has 0 spiro atoms. The number of methoxy groups -OCH3 is 1. The zero-order valence-electron chi connectivity index (χ0n) is 4.97. The van der Waals surface area contributed by atoms with Gasteiger partial charge >= 0.3 is 5.97 Å². The third-order valence-corrected chi connectivity index (χ3v) is 0.947. The average molecular weight is 129 g/mol. The summed E-state index contributed by atoms with van der Waals surface area (Å²) < 4.78 is 4.38. The maximum absolute atomic E-state index is 10.6. The molecule has 0 aliphatic carbocycles. The number of nitrogens with zero attached hydrogens (tertiary/aromatic N) is 1. The van der Waals surface area contributed by atoms with E-state index in [2.05, 4.69) is 20.8 Å². The Kier molecular flexibility index (Phi) is 1.64. The van der Waals surface area contributed by atoms with Crippen molar-refractivity contribution in [2.45, 2.75) is 0 Å². The number of hydrazone groups is 1. The van der Waals surface area contributed by atoms with Crippen molar-refractivity contribution in [3.63, 3.8) is 0 Å². The van der Waals surface area contributed by atoms with Crippen LogP contribution in [0.1, 0.15) is 0 Å². The van der Waals surface area contributed by atoms with Gasteiger partial charge in [-0.3, -0.25) is 0 Å². The van der Waals surface area contributed by atoms with Crippen molar-refractivity contribution in [1.29, 1.82) is 0 Å². The molecule has 0 saturated carbocycles. The van der Waals surface area contributed by atoms with Crippen LogP contribution in [-0.2, 0) is 9.53 Å². The van der Waals surface area contributed by atoms with E-state index in [9.17, 15) is 4.79 Å². The minimum Gasteiger partial charge on any atom is -0.464 e. The fraction of sp³-hybridized carbons (Fsp3) is 0.500. The van der Waals surface area contributed by atoms with Gasteiger partial charge in [-0.05, 0) is 0 Å². The van der Waals surface area contributed by atoms with Crippen molar-refractivity contribution in [3.8, 4) is 0 Å². The summed E-state index contributed by atoms with van der Waals surface area (Å²) in [6, 6.07) is 0. The molecule has 1 heterocycles. The number of hydrazine groups is 1. The van der Waals surface area contributed by atoms with E-state index in [4.69, 9.17) is 0 Å². The highest BCUT2D eigenvalue weighted by atomic mass is 16.5. The lowest BCUT2D eigenvalue weighted by molar-refractivity contribution is -0.132. The highest BCUT2D eigenvalue weighted by molar-refractivity contribution is 6.37. The Morgan fingerprint density at radius 1 is 1.89 bits per heavy atom. The third kappa shape index (κ3) is 1.17. The molecule has 1 rings (SSSR count). The fourth-order valence-electron chi connectivity index (χ4n) is 0.505. The second-order valence-electron chi connectivity index (χ2n) is 1.52. The van der Waals surface area contributed by atoms with Gasteiger partial charge in [0.25, 0.3) is 0 Å². The second kappa shape index (κ2) is 2.45. The molecule has 1 aliphatic rings. The summed E-state index contributed by atoms with van der Waals surface area (Å²) in [4.78, 5) is 10.6. The number of hydrogen-bond donors (Lipinski definition) is 2. The van der Waals surface area contributed by atoms with E-state index < -0.39 is 5.97 Å². The molecule has 9 heavy (non-hydrogen) atoms. The summed E-state index contributed by atoms with van der Waals surface area (Å²) in [5.41, 5.74) is 5.43. The molecule has 2 N–H and O–H groups in total. The predicted molar refractivity (Wildman–Crippen MR) is 30.6 cm³/mol. The van der Waals surface area contributed by atoms with E-state index in [0.29, 0.717) is 12.3 Å². The molecule has 0 aromatic carbocycles. The van der Waals surface area contributed by atoms with Gasteiger partial charge in [0, 0.05) is 0 Å². The zero-order valence-corrected chi connectivity index (χ0v) is 4.97. The van der Waals surface area contributed by atoms with Gasteiger partial charge in [0.1, 0.15) is 0 Å². The monoisotopic (exact) mass is 129 g/mol. The van der Waals surface area contributed by atoms with Gasteiger partial charge in [-0.2, -0.15) is 5.10 Å². The Hall–Kier alpha value is -1.10. The smallest absolute Gasteiger partial charge is 0.355 e. The molecular weight excluding hydrogens is 122 g/mol. The molecule has 0 aromatic heterocycles. The Morgan fingerprint density at radius 3 is 3.11 bits per heavy atom. The molecule has 0 bridgehead atoms. The highest BCUT2D eigenvalue weighted by Gasteiger charge is 2.14. The largest absolute Gasteiger partial charge is 0.464 e. The Balaban J connectivity index is 2.51. The number of rotatable bonds is 1. The first kappa shape index (κ1) is 6.03. The molecule has 0 atom stereocenters. The van der Waals surface area contributed by atoms with Crippen LogP contribution in [0.15, 0.2) is 5.10 Å². The molecule has 5 nitrogen and oxygen atoms in total. The van der Waals surface area contributed by atoms with Crippen LogP contribution in [0.25, 0.3) is 0 Å². The van der Waals surface area contributed by atoms with Crippen molar-refractivity contribution in [1.82, 2.24) is 11.0 Å². The summed E-state index contributed by atoms with van der Waals surface area (Å²) in [5, 5.41) is 3.59. The molecule has 0 radical (unpaired) electrons. The predicted octanol–water partition coefficient (Wildman–Crippen LogP) is -1.38. The number of hydrogen-bond acceptors (Lipinski definition) is 5. The Morgan fingerprint density at radius 2 is 2.67 bits per heavy atom. The zero-order chi connectivity index (χ0) is 6.69. The maximum Gasteiger partial charge on any atom is 0.355 e. The lowest BCUT2D eigenvalue weighted by atomic mass is 10.4. The van der Waals surface area contributed by atoms with Crippen LogP contribution in [0.5, 0.6) is 0 Å². The van der Waals surface area contributed by atoms with Crippen LogP contribution in [0.2, 0.25) is 0 Å². The van der Waals surface area contributed by atoms with E-state index >= 15 is 0 Å². The molecular formula is C4H7N3O2. The second-order valence-corrected chi connectivity index (χ2v) is 1.52. The SMILES string of the molecule is COC(=O)C1=NNNC1. The minimum absolute atomic E-state index is 0.373. The van der Waals surface area contributed by atoms with Crippen molar-refractivity contribution >= 4 is 11.7 Å². The van der Waals surface area contributed by atoms with Crippen LogP contribution in [-0.4, -0.2) is 25.3 Å². The number of carbonyl (C=O) groups is 1. The first-order chi connectivity index (χ1) is 4.34. The van der Waals surface area contributed by atoms with Crippen molar-refractivity contribution in [2.24, 2.45) is 5.10 Å². The molecule has 0 amide bonds. The van der Waals surface area contributed by atoms with Crippen molar-refractivity contribution in [3.05, 3.63) is 0 Å². The number of carbonyl (C=O) groups excluding carboxylic acids is 1. The summed E-state index contributed by atoms with van der Waals surface area (Å²) >= 11 is 0.